The second-order valence-electron chi connectivity index (χ2n) is 7.01. The molecule has 0 bridgehead atoms. The summed E-state index contributed by atoms with van der Waals surface area (Å²) in [7, 11) is 0. The fourth-order valence-corrected chi connectivity index (χ4v) is 3.01. The van der Waals surface area contributed by atoms with Crippen LogP contribution in [0.1, 0.15) is 18.7 Å². The second kappa shape index (κ2) is 7.69. The standard InChI is InChI=1S/C20H18F3N5O2/c21-20(22,23)18-27-15-3-1-2-4-16(15)28(18)11-17(29)24-12-5-7-13(8-6-12)25-19(30)26-14-9-10-14/h1-8,14H,9-11H2,(H,24,29)(H2,25,26,30). The number of urea groups is 1. The van der Waals surface area contributed by atoms with E-state index in [0.717, 1.165) is 17.4 Å². The molecule has 1 aliphatic carbocycles. The third kappa shape index (κ3) is 4.53. The van der Waals surface area contributed by atoms with Crippen LogP contribution in [0.5, 0.6) is 0 Å². The van der Waals surface area contributed by atoms with Gasteiger partial charge in [-0.25, -0.2) is 9.78 Å². The largest absolute Gasteiger partial charge is 0.449 e. The zero-order chi connectivity index (χ0) is 21.3. The molecule has 0 spiro atoms. The maximum atomic E-state index is 13.3. The number of anilines is 2. The van der Waals surface area contributed by atoms with Gasteiger partial charge in [0, 0.05) is 17.4 Å². The first kappa shape index (κ1) is 19.7. The van der Waals surface area contributed by atoms with Crippen molar-refractivity contribution in [3.63, 3.8) is 0 Å². The summed E-state index contributed by atoms with van der Waals surface area (Å²) in [5, 5.41) is 8.02. The summed E-state index contributed by atoms with van der Waals surface area (Å²) in [4.78, 5) is 27.7. The topological polar surface area (TPSA) is 88.1 Å². The highest BCUT2D eigenvalue weighted by Crippen LogP contribution is 2.31. The monoisotopic (exact) mass is 417 g/mol. The maximum absolute atomic E-state index is 13.3. The number of para-hydroxylation sites is 2. The first-order valence-electron chi connectivity index (χ1n) is 9.29. The van der Waals surface area contributed by atoms with Gasteiger partial charge in [-0.2, -0.15) is 13.2 Å². The minimum Gasteiger partial charge on any atom is -0.335 e. The van der Waals surface area contributed by atoms with E-state index in [1.54, 1.807) is 36.4 Å². The number of alkyl halides is 3. The first-order valence-corrected chi connectivity index (χ1v) is 9.29. The molecule has 3 aromatic rings. The Hall–Kier alpha value is -3.56. The van der Waals surface area contributed by atoms with Crippen LogP contribution in [-0.4, -0.2) is 27.5 Å². The summed E-state index contributed by atoms with van der Waals surface area (Å²) in [6, 6.07) is 12.3. The van der Waals surface area contributed by atoms with Gasteiger partial charge in [-0.1, -0.05) is 12.1 Å². The molecule has 0 unspecified atom stereocenters. The number of hydrogen-bond acceptors (Lipinski definition) is 3. The zero-order valence-electron chi connectivity index (χ0n) is 15.7. The molecule has 0 saturated heterocycles. The van der Waals surface area contributed by atoms with Gasteiger partial charge < -0.3 is 20.5 Å². The summed E-state index contributed by atoms with van der Waals surface area (Å²) in [5.74, 6) is -1.75. The van der Waals surface area contributed by atoms with Crippen LogP contribution in [0, 0.1) is 0 Å². The minimum absolute atomic E-state index is 0.164. The molecule has 0 radical (unpaired) electrons. The molecule has 0 aliphatic heterocycles. The Balaban J connectivity index is 1.44. The van der Waals surface area contributed by atoms with Gasteiger partial charge in [0.25, 0.3) is 0 Å². The zero-order valence-corrected chi connectivity index (χ0v) is 15.7. The van der Waals surface area contributed by atoms with Crippen molar-refractivity contribution in [3.05, 3.63) is 54.4 Å². The highest BCUT2D eigenvalue weighted by molar-refractivity contribution is 5.93. The number of aromatic nitrogens is 2. The molecule has 4 rings (SSSR count). The van der Waals surface area contributed by atoms with Gasteiger partial charge in [0.2, 0.25) is 11.7 Å². The Morgan fingerprint density at radius 2 is 1.63 bits per heavy atom. The summed E-state index contributed by atoms with van der Waals surface area (Å²) >= 11 is 0. The molecule has 10 heteroatoms. The van der Waals surface area contributed by atoms with E-state index in [-0.39, 0.29) is 23.1 Å². The van der Waals surface area contributed by atoms with Crippen molar-refractivity contribution in [2.75, 3.05) is 10.6 Å². The number of benzene rings is 2. The molecule has 1 fully saturated rings. The van der Waals surface area contributed by atoms with Crippen LogP contribution in [0.15, 0.2) is 48.5 Å². The predicted octanol–water partition coefficient (Wildman–Crippen LogP) is 3.98. The van der Waals surface area contributed by atoms with Gasteiger partial charge in [0.1, 0.15) is 6.54 Å². The molecule has 3 N–H and O–H groups in total. The van der Waals surface area contributed by atoms with E-state index >= 15 is 0 Å². The van der Waals surface area contributed by atoms with E-state index in [0.29, 0.717) is 11.4 Å². The normalized spacial score (nSPS) is 13.8. The number of carbonyl (C=O) groups is 2. The van der Waals surface area contributed by atoms with Crippen molar-refractivity contribution < 1.29 is 22.8 Å². The van der Waals surface area contributed by atoms with Crippen LogP contribution in [-0.2, 0) is 17.5 Å². The number of halogens is 3. The number of rotatable bonds is 5. The van der Waals surface area contributed by atoms with Crippen LogP contribution in [0.3, 0.4) is 0 Å². The lowest BCUT2D eigenvalue weighted by Crippen LogP contribution is -2.30. The molecule has 1 heterocycles. The quantitative estimate of drug-likeness (QED) is 0.587. The van der Waals surface area contributed by atoms with E-state index < -0.39 is 24.5 Å². The van der Waals surface area contributed by atoms with Crippen molar-refractivity contribution in [2.45, 2.75) is 31.6 Å². The van der Waals surface area contributed by atoms with Crippen LogP contribution < -0.4 is 16.0 Å². The van der Waals surface area contributed by atoms with E-state index in [2.05, 4.69) is 20.9 Å². The van der Waals surface area contributed by atoms with Crippen molar-refractivity contribution in [2.24, 2.45) is 0 Å². The molecule has 1 aromatic heterocycles. The first-order chi connectivity index (χ1) is 14.3. The Morgan fingerprint density at radius 3 is 2.27 bits per heavy atom. The molecular formula is C20H18F3N5O2. The summed E-state index contributed by atoms with van der Waals surface area (Å²) < 4.78 is 40.9. The Labute approximate surface area is 169 Å². The number of imidazole rings is 1. The number of hydrogen-bond donors (Lipinski definition) is 3. The lowest BCUT2D eigenvalue weighted by Gasteiger charge is -2.12. The van der Waals surface area contributed by atoms with E-state index in [1.807, 2.05) is 0 Å². The van der Waals surface area contributed by atoms with Gasteiger partial charge in [-0.15, -0.1) is 0 Å². The second-order valence-corrected chi connectivity index (χ2v) is 7.01. The number of fused-ring (bicyclic) bond motifs is 1. The van der Waals surface area contributed by atoms with Gasteiger partial charge in [-0.3, -0.25) is 4.79 Å². The van der Waals surface area contributed by atoms with Gasteiger partial charge in [0.05, 0.1) is 11.0 Å². The molecule has 0 atom stereocenters. The van der Waals surface area contributed by atoms with Crippen LogP contribution in [0.25, 0.3) is 11.0 Å². The number of nitrogens with one attached hydrogen (secondary N) is 3. The van der Waals surface area contributed by atoms with Crippen molar-refractivity contribution >= 4 is 34.3 Å². The average Bonchev–Trinajstić information content (AvgIpc) is 3.41. The minimum atomic E-state index is -4.69. The van der Waals surface area contributed by atoms with Gasteiger partial charge in [-0.05, 0) is 49.2 Å². The highest BCUT2D eigenvalue weighted by Gasteiger charge is 2.38. The van der Waals surface area contributed by atoms with Gasteiger partial charge in [0.15, 0.2) is 0 Å². The molecule has 156 valence electrons. The SMILES string of the molecule is O=C(Cn1c(C(F)(F)F)nc2ccccc21)Nc1ccc(NC(=O)NC2CC2)cc1. The fourth-order valence-electron chi connectivity index (χ4n) is 3.01. The van der Waals surface area contributed by atoms with Gasteiger partial charge >= 0.3 is 12.2 Å². The molecule has 1 saturated carbocycles. The average molecular weight is 417 g/mol. The van der Waals surface area contributed by atoms with Crippen molar-refractivity contribution in [1.29, 1.82) is 0 Å². The Morgan fingerprint density at radius 1 is 1.00 bits per heavy atom. The molecule has 3 amide bonds. The molecule has 1 aliphatic rings. The lowest BCUT2D eigenvalue weighted by molar-refractivity contribution is -0.147. The highest BCUT2D eigenvalue weighted by atomic mass is 19.4. The Kier molecular flexibility index (Phi) is 5.06. The van der Waals surface area contributed by atoms with E-state index in [1.165, 1.54) is 12.1 Å². The third-order valence-corrected chi connectivity index (χ3v) is 4.55. The summed E-state index contributed by atoms with van der Waals surface area (Å²) in [6.07, 6.45) is -2.74. The van der Waals surface area contributed by atoms with Crippen LogP contribution in [0.4, 0.5) is 29.3 Å². The van der Waals surface area contributed by atoms with Crippen molar-refractivity contribution in [1.82, 2.24) is 14.9 Å². The molecular weight excluding hydrogens is 399 g/mol. The number of carbonyl (C=O) groups excluding carboxylic acids is 2. The molecule has 7 nitrogen and oxygen atoms in total. The molecule has 30 heavy (non-hydrogen) atoms. The third-order valence-electron chi connectivity index (χ3n) is 4.55. The summed E-state index contributed by atoms with van der Waals surface area (Å²) in [5.41, 5.74) is 1.32. The van der Waals surface area contributed by atoms with Crippen LogP contribution >= 0.6 is 0 Å². The maximum Gasteiger partial charge on any atom is 0.449 e. The molecule has 2 aromatic carbocycles. The van der Waals surface area contributed by atoms with E-state index in [9.17, 15) is 22.8 Å². The Bertz CT molecular complexity index is 1090. The van der Waals surface area contributed by atoms with Crippen LogP contribution in [0.2, 0.25) is 0 Å². The lowest BCUT2D eigenvalue weighted by atomic mass is 10.2. The predicted molar refractivity (Wildman–Crippen MR) is 105 cm³/mol. The number of amides is 3. The number of nitrogens with zero attached hydrogens (tertiary/aromatic N) is 2. The van der Waals surface area contributed by atoms with E-state index in [4.69, 9.17) is 0 Å². The van der Waals surface area contributed by atoms with Crippen molar-refractivity contribution in [3.8, 4) is 0 Å². The summed E-state index contributed by atoms with van der Waals surface area (Å²) in [6.45, 7) is -0.543. The smallest absolute Gasteiger partial charge is 0.335 e. The fraction of sp³-hybridized carbons (Fsp3) is 0.250.